The number of carboxylic acid groups (broad SMARTS) is 1. The minimum absolute atomic E-state index is 0.0748. The molecule has 1 rings (SSSR count). The number of hydrogen-bond donors (Lipinski definition) is 3. The van der Waals surface area contributed by atoms with Crippen LogP contribution in [0.1, 0.15) is 39.5 Å². The van der Waals surface area contributed by atoms with Crippen molar-refractivity contribution in [3.05, 3.63) is 0 Å². The number of rotatable bonds is 6. The van der Waals surface area contributed by atoms with Gasteiger partial charge in [-0.2, -0.15) is 0 Å². The van der Waals surface area contributed by atoms with Crippen molar-refractivity contribution in [2.45, 2.75) is 39.5 Å². The Hall–Kier alpha value is -1.79. The lowest BCUT2D eigenvalue weighted by Gasteiger charge is -2.36. The second-order valence-electron chi connectivity index (χ2n) is 5.68. The molecule has 0 aliphatic carbocycles. The molecule has 7 heteroatoms. The van der Waals surface area contributed by atoms with E-state index >= 15 is 0 Å². The maximum atomic E-state index is 11.9. The summed E-state index contributed by atoms with van der Waals surface area (Å²) in [6.45, 7) is 5.48. The van der Waals surface area contributed by atoms with Crippen LogP contribution < -0.4 is 10.6 Å². The molecule has 0 radical (unpaired) electrons. The molecule has 3 N–H and O–H groups in total. The largest absolute Gasteiger partial charge is 0.481 e. The fourth-order valence-electron chi connectivity index (χ4n) is 2.16. The van der Waals surface area contributed by atoms with Crippen molar-refractivity contribution in [1.82, 2.24) is 15.5 Å². The van der Waals surface area contributed by atoms with Gasteiger partial charge in [0, 0.05) is 32.6 Å². The van der Waals surface area contributed by atoms with Gasteiger partial charge >= 0.3 is 12.0 Å². The number of piperidine rings is 1. The van der Waals surface area contributed by atoms with E-state index in [2.05, 4.69) is 10.6 Å². The van der Waals surface area contributed by atoms with E-state index in [0.717, 1.165) is 6.42 Å². The van der Waals surface area contributed by atoms with Crippen LogP contribution in [0.4, 0.5) is 4.79 Å². The minimum atomic E-state index is -0.810. The van der Waals surface area contributed by atoms with E-state index in [4.69, 9.17) is 5.11 Å². The van der Waals surface area contributed by atoms with Gasteiger partial charge in [-0.3, -0.25) is 9.59 Å². The highest BCUT2D eigenvalue weighted by Gasteiger charge is 2.37. The molecule has 1 saturated heterocycles. The molecule has 0 bridgehead atoms. The maximum Gasteiger partial charge on any atom is 0.317 e. The molecule has 1 aliphatic heterocycles. The second kappa shape index (κ2) is 7.85. The summed E-state index contributed by atoms with van der Waals surface area (Å²) >= 11 is 0. The summed E-state index contributed by atoms with van der Waals surface area (Å²) < 4.78 is 0. The van der Waals surface area contributed by atoms with Gasteiger partial charge < -0.3 is 20.6 Å². The normalized spacial score (nSPS) is 17.1. The van der Waals surface area contributed by atoms with E-state index in [1.165, 1.54) is 0 Å². The van der Waals surface area contributed by atoms with Gasteiger partial charge in [0.05, 0.1) is 5.41 Å². The Morgan fingerprint density at radius 1 is 1.14 bits per heavy atom. The van der Waals surface area contributed by atoms with Gasteiger partial charge in [-0.1, -0.05) is 6.92 Å². The van der Waals surface area contributed by atoms with E-state index in [-0.39, 0.29) is 18.4 Å². The van der Waals surface area contributed by atoms with Crippen LogP contribution in [0.3, 0.4) is 0 Å². The predicted octanol–water partition coefficient (Wildman–Crippen LogP) is 0.799. The molecule has 0 aromatic heterocycles. The standard InChI is InChI=1S/C14H25N3O4/c1-3-7-15-11(18)4-8-16-13(21)17-9-5-14(2,6-10-17)12(19)20/h3-10H2,1-2H3,(H,15,18)(H,16,21)(H,19,20). The molecular weight excluding hydrogens is 274 g/mol. The number of carbonyl (C=O) groups is 3. The third-order valence-corrected chi connectivity index (χ3v) is 3.87. The number of hydrogen-bond acceptors (Lipinski definition) is 3. The average Bonchev–Trinajstić information content (AvgIpc) is 2.45. The van der Waals surface area contributed by atoms with Gasteiger partial charge in [-0.15, -0.1) is 0 Å². The van der Waals surface area contributed by atoms with Crippen LogP contribution in [0.2, 0.25) is 0 Å². The molecular formula is C14H25N3O4. The summed E-state index contributed by atoms with van der Waals surface area (Å²) in [6, 6.07) is -0.231. The monoisotopic (exact) mass is 299 g/mol. The molecule has 1 heterocycles. The highest BCUT2D eigenvalue weighted by atomic mass is 16.4. The Balaban J connectivity index is 2.25. The molecule has 0 atom stereocenters. The molecule has 7 nitrogen and oxygen atoms in total. The molecule has 0 spiro atoms. The van der Waals surface area contributed by atoms with Crippen molar-refractivity contribution in [1.29, 1.82) is 0 Å². The lowest BCUT2D eigenvalue weighted by atomic mass is 9.80. The van der Waals surface area contributed by atoms with Crippen molar-refractivity contribution >= 4 is 17.9 Å². The molecule has 0 saturated carbocycles. The van der Waals surface area contributed by atoms with Gasteiger partial charge in [0.1, 0.15) is 0 Å². The number of aliphatic carboxylic acids is 1. The second-order valence-corrected chi connectivity index (χ2v) is 5.68. The van der Waals surface area contributed by atoms with Crippen LogP contribution in [0.15, 0.2) is 0 Å². The Labute approximate surface area is 125 Å². The van der Waals surface area contributed by atoms with Crippen LogP contribution in [0, 0.1) is 5.41 Å². The van der Waals surface area contributed by atoms with Crippen LogP contribution >= 0.6 is 0 Å². The van der Waals surface area contributed by atoms with E-state index in [0.29, 0.717) is 39.0 Å². The fourth-order valence-corrected chi connectivity index (χ4v) is 2.16. The number of amides is 3. The summed E-state index contributed by atoms with van der Waals surface area (Å²) in [5.41, 5.74) is -0.739. The zero-order valence-corrected chi connectivity index (χ0v) is 12.8. The van der Waals surface area contributed by atoms with Gasteiger partial charge in [-0.05, 0) is 26.2 Å². The number of nitrogens with zero attached hydrogens (tertiary/aromatic N) is 1. The molecule has 3 amide bonds. The molecule has 0 aromatic rings. The van der Waals surface area contributed by atoms with Crippen molar-refractivity contribution < 1.29 is 19.5 Å². The first kappa shape index (κ1) is 17.3. The first-order chi connectivity index (χ1) is 9.89. The van der Waals surface area contributed by atoms with E-state index in [9.17, 15) is 14.4 Å². The Morgan fingerprint density at radius 2 is 1.76 bits per heavy atom. The number of carboxylic acids is 1. The highest BCUT2D eigenvalue weighted by Crippen LogP contribution is 2.30. The molecule has 1 fully saturated rings. The van der Waals surface area contributed by atoms with Gasteiger partial charge in [0.25, 0.3) is 0 Å². The molecule has 21 heavy (non-hydrogen) atoms. The minimum Gasteiger partial charge on any atom is -0.481 e. The molecule has 0 unspecified atom stereocenters. The first-order valence-corrected chi connectivity index (χ1v) is 7.42. The lowest BCUT2D eigenvalue weighted by Crippen LogP contribution is -2.49. The van der Waals surface area contributed by atoms with Crippen molar-refractivity contribution in [2.24, 2.45) is 5.41 Å². The molecule has 0 aromatic carbocycles. The van der Waals surface area contributed by atoms with Crippen LogP contribution in [-0.4, -0.2) is 54.1 Å². The van der Waals surface area contributed by atoms with E-state index in [1.807, 2.05) is 6.92 Å². The Kier molecular flexibility index (Phi) is 6.45. The topological polar surface area (TPSA) is 98.7 Å². The predicted molar refractivity (Wildman–Crippen MR) is 77.9 cm³/mol. The van der Waals surface area contributed by atoms with E-state index < -0.39 is 11.4 Å². The molecule has 1 aliphatic rings. The number of urea groups is 1. The summed E-state index contributed by atoms with van der Waals surface area (Å²) in [7, 11) is 0. The number of nitrogens with one attached hydrogen (secondary N) is 2. The van der Waals surface area contributed by atoms with Gasteiger partial charge in [-0.25, -0.2) is 4.79 Å². The smallest absolute Gasteiger partial charge is 0.317 e. The Bertz CT molecular complexity index is 390. The van der Waals surface area contributed by atoms with Crippen LogP contribution in [0.5, 0.6) is 0 Å². The van der Waals surface area contributed by atoms with Gasteiger partial charge in [0.15, 0.2) is 0 Å². The van der Waals surface area contributed by atoms with Crippen molar-refractivity contribution in [3.63, 3.8) is 0 Å². The number of likely N-dealkylation sites (tertiary alicyclic amines) is 1. The summed E-state index contributed by atoms with van der Waals surface area (Å²) in [5, 5.41) is 14.6. The van der Waals surface area contributed by atoms with E-state index in [1.54, 1.807) is 11.8 Å². The zero-order valence-electron chi connectivity index (χ0n) is 12.8. The Morgan fingerprint density at radius 3 is 2.29 bits per heavy atom. The summed E-state index contributed by atoms with van der Waals surface area (Å²) in [4.78, 5) is 36.0. The third-order valence-electron chi connectivity index (χ3n) is 3.87. The molecule has 120 valence electrons. The SMILES string of the molecule is CCCNC(=O)CCNC(=O)N1CCC(C)(C(=O)O)CC1. The average molecular weight is 299 g/mol. The first-order valence-electron chi connectivity index (χ1n) is 7.42. The fraction of sp³-hybridized carbons (Fsp3) is 0.786. The van der Waals surface area contributed by atoms with Crippen molar-refractivity contribution in [2.75, 3.05) is 26.2 Å². The summed E-state index contributed by atoms with van der Waals surface area (Å²) in [6.07, 6.45) is 2.04. The lowest BCUT2D eigenvalue weighted by molar-refractivity contribution is -0.150. The highest BCUT2D eigenvalue weighted by molar-refractivity contribution is 5.79. The van der Waals surface area contributed by atoms with Crippen molar-refractivity contribution in [3.8, 4) is 0 Å². The van der Waals surface area contributed by atoms with Crippen LogP contribution in [-0.2, 0) is 9.59 Å². The quantitative estimate of drug-likeness (QED) is 0.675. The summed E-state index contributed by atoms with van der Waals surface area (Å²) in [5.74, 6) is -0.885. The number of carbonyl (C=O) groups excluding carboxylic acids is 2. The van der Waals surface area contributed by atoms with Crippen LogP contribution in [0.25, 0.3) is 0 Å². The maximum absolute atomic E-state index is 11.9. The van der Waals surface area contributed by atoms with Gasteiger partial charge in [0.2, 0.25) is 5.91 Å². The third kappa shape index (κ3) is 5.24. The zero-order chi connectivity index (χ0) is 15.9.